The summed E-state index contributed by atoms with van der Waals surface area (Å²) in [5.74, 6) is 0.686. The second kappa shape index (κ2) is 8.21. The summed E-state index contributed by atoms with van der Waals surface area (Å²) in [7, 11) is 0. The molecule has 1 heterocycles. The average molecular weight is 254 g/mol. The van der Waals surface area contributed by atoms with Crippen LogP contribution < -0.4 is 5.73 Å². The summed E-state index contributed by atoms with van der Waals surface area (Å²) in [5, 5.41) is 8.46. The van der Waals surface area contributed by atoms with E-state index in [-0.39, 0.29) is 0 Å². The molecule has 0 unspecified atom stereocenters. The molecule has 1 aromatic heterocycles. The van der Waals surface area contributed by atoms with E-state index in [0.29, 0.717) is 19.1 Å². The van der Waals surface area contributed by atoms with Gasteiger partial charge in [0.15, 0.2) is 0 Å². The lowest BCUT2D eigenvalue weighted by Crippen LogP contribution is -2.13. The fourth-order valence-electron chi connectivity index (χ4n) is 1.87. The van der Waals surface area contributed by atoms with Crippen LogP contribution in [0.1, 0.15) is 38.6 Å². The minimum atomic E-state index is 0.624. The van der Waals surface area contributed by atoms with E-state index >= 15 is 0 Å². The molecule has 1 rings (SSSR count). The molecule has 0 radical (unpaired) electrons. The zero-order valence-corrected chi connectivity index (χ0v) is 11.9. The van der Waals surface area contributed by atoms with Crippen LogP contribution in [0.2, 0.25) is 0 Å². The first kappa shape index (κ1) is 15.1. The lowest BCUT2D eigenvalue weighted by Gasteiger charge is -2.09. The molecule has 5 nitrogen and oxygen atoms in total. The SMILES string of the molecule is CCOCCn1nnc(CCN)c1CCC(C)C. The number of rotatable bonds is 9. The van der Waals surface area contributed by atoms with Crippen molar-refractivity contribution >= 4 is 0 Å². The normalized spacial score (nSPS) is 11.4. The Kier molecular flexibility index (Phi) is 6.90. The van der Waals surface area contributed by atoms with Crippen LogP contribution in [0.5, 0.6) is 0 Å². The molecule has 104 valence electrons. The fourth-order valence-corrected chi connectivity index (χ4v) is 1.87. The molecule has 0 fully saturated rings. The molecule has 0 spiro atoms. The Labute approximate surface area is 110 Å². The smallest absolute Gasteiger partial charge is 0.0871 e. The summed E-state index contributed by atoms with van der Waals surface area (Å²) in [4.78, 5) is 0. The van der Waals surface area contributed by atoms with Gasteiger partial charge in [0.05, 0.1) is 24.5 Å². The van der Waals surface area contributed by atoms with Crippen LogP contribution in [0, 0.1) is 5.92 Å². The van der Waals surface area contributed by atoms with Crippen LogP contribution in [-0.4, -0.2) is 34.8 Å². The highest BCUT2D eigenvalue weighted by Crippen LogP contribution is 2.12. The van der Waals surface area contributed by atoms with Crippen LogP contribution in [0.25, 0.3) is 0 Å². The van der Waals surface area contributed by atoms with Gasteiger partial charge < -0.3 is 10.5 Å². The second-order valence-electron chi connectivity index (χ2n) is 4.87. The summed E-state index contributed by atoms with van der Waals surface area (Å²) < 4.78 is 7.35. The molecule has 0 aliphatic rings. The van der Waals surface area contributed by atoms with E-state index in [4.69, 9.17) is 10.5 Å². The van der Waals surface area contributed by atoms with Gasteiger partial charge >= 0.3 is 0 Å². The Morgan fingerprint density at radius 2 is 2.11 bits per heavy atom. The highest BCUT2D eigenvalue weighted by Gasteiger charge is 2.12. The molecule has 18 heavy (non-hydrogen) atoms. The summed E-state index contributed by atoms with van der Waals surface area (Å²) in [6, 6.07) is 0. The molecular weight excluding hydrogens is 228 g/mol. The number of nitrogens with two attached hydrogens (primary N) is 1. The van der Waals surface area contributed by atoms with Gasteiger partial charge in [-0.2, -0.15) is 0 Å². The number of hydrogen-bond donors (Lipinski definition) is 1. The standard InChI is InChI=1S/C13H26N4O/c1-4-18-10-9-17-13(6-5-11(2)3)12(7-8-14)15-16-17/h11H,4-10,14H2,1-3H3. The third-order valence-corrected chi connectivity index (χ3v) is 2.91. The maximum Gasteiger partial charge on any atom is 0.0871 e. The maximum absolute atomic E-state index is 5.61. The number of nitrogens with zero attached hydrogens (tertiary/aromatic N) is 3. The Hall–Kier alpha value is -0.940. The molecule has 0 aliphatic heterocycles. The van der Waals surface area contributed by atoms with Crippen molar-refractivity contribution in [3.05, 3.63) is 11.4 Å². The zero-order valence-electron chi connectivity index (χ0n) is 11.9. The molecule has 0 aromatic carbocycles. The predicted octanol–water partition coefficient (Wildman–Crippen LogP) is 1.40. The first-order valence-corrected chi connectivity index (χ1v) is 6.88. The van der Waals surface area contributed by atoms with E-state index in [1.54, 1.807) is 0 Å². The van der Waals surface area contributed by atoms with E-state index in [0.717, 1.165) is 38.1 Å². The summed E-state index contributed by atoms with van der Waals surface area (Å²) >= 11 is 0. The largest absolute Gasteiger partial charge is 0.380 e. The third kappa shape index (κ3) is 4.74. The van der Waals surface area contributed by atoms with Gasteiger partial charge in [-0.3, -0.25) is 0 Å². The Morgan fingerprint density at radius 3 is 2.72 bits per heavy atom. The highest BCUT2D eigenvalue weighted by atomic mass is 16.5. The minimum absolute atomic E-state index is 0.624. The van der Waals surface area contributed by atoms with Crippen molar-refractivity contribution in [1.82, 2.24) is 15.0 Å². The van der Waals surface area contributed by atoms with Crippen molar-refractivity contribution in [2.24, 2.45) is 11.7 Å². The molecule has 5 heteroatoms. The average Bonchev–Trinajstić information content (AvgIpc) is 2.70. The zero-order chi connectivity index (χ0) is 13.4. The van der Waals surface area contributed by atoms with Crippen molar-refractivity contribution in [3.8, 4) is 0 Å². The van der Waals surface area contributed by atoms with Gasteiger partial charge in [-0.05, 0) is 32.2 Å². The van der Waals surface area contributed by atoms with Crippen LogP contribution in [0.3, 0.4) is 0 Å². The van der Waals surface area contributed by atoms with E-state index in [9.17, 15) is 0 Å². The predicted molar refractivity (Wildman–Crippen MR) is 72.4 cm³/mol. The van der Waals surface area contributed by atoms with E-state index in [2.05, 4.69) is 24.2 Å². The van der Waals surface area contributed by atoms with E-state index < -0.39 is 0 Å². The number of hydrogen-bond acceptors (Lipinski definition) is 4. The molecular formula is C13H26N4O. The van der Waals surface area contributed by atoms with Gasteiger partial charge in [0.2, 0.25) is 0 Å². The van der Waals surface area contributed by atoms with Crippen molar-refractivity contribution in [3.63, 3.8) is 0 Å². The molecule has 0 saturated carbocycles. The van der Waals surface area contributed by atoms with Crippen LogP contribution >= 0.6 is 0 Å². The first-order valence-electron chi connectivity index (χ1n) is 6.88. The topological polar surface area (TPSA) is 66.0 Å². The van der Waals surface area contributed by atoms with Crippen molar-refractivity contribution in [1.29, 1.82) is 0 Å². The molecule has 0 atom stereocenters. The Morgan fingerprint density at radius 1 is 1.33 bits per heavy atom. The third-order valence-electron chi connectivity index (χ3n) is 2.91. The van der Waals surface area contributed by atoms with Crippen molar-refractivity contribution < 1.29 is 4.74 Å². The molecule has 1 aromatic rings. The highest BCUT2D eigenvalue weighted by molar-refractivity contribution is 5.11. The fraction of sp³-hybridized carbons (Fsp3) is 0.846. The van der Waals surface area contributed by atoms with Crippen molar-refractivity contribution in [2.45, 2.75) is 46.6 Å². The monoisotopic (exact) mass is 254 g/mol. The lowest BCUT2D eigenvalue weighted by molar-refractivity contribution is 0.135. The van der Waals surface area contributed by atoms with E-state index in [1.807, 2.05) is 11.6 Å². The molecule has 0 saturated heterocycles. The number of ether oxygens (including phenoxy) is 1. The Bertz CT molecular complexity index is 336. The van der Waals surface area contributed by atoms with Crippen LogP contribution in [-0.2, 0) is 24.1 Å². The summed E-state index contributed by atoms with van der Waals surface area (Å²) in [6.45, 7) is 9.30. The summed E-state index contributed by atoms with van der Waals surface area (Å²) in [5.41, 5.74) is 7.90. The van der Waals surface area contributed by atoms with Gasteiger partial charge in [-0.25, -0.2) is 4.68 Å². The molecule has 0 amide bonds. The van der Waals surface area contributed by atoms with Crippen molar-refractivity contribution in [2.75, 3.05) is 19.8 Å². The summed E-state index contributed by atoms with van der Waals surface area (Å²) in [6.07, 6.45) is 2.98. The van der Waals surface area contributed by atoms with Gasteiger partial charge in [0.1, 0.15) is 0 Å². The second-order valence-corrected chi connectivity index (χ2v) is 4.87. The van der Waals surface area contributed by atoms with Gasteiger partial charge in [0.25, 0.3) is 0 Å². The first-order chi connectivity index (χ1) is 8.69. The quantitative estimate of drug-likeness (QED) is 0.677. The Balaban J connectivity index is 2.68. The maximum atomic E-state index is 5.61. The van der Waals surface area contributed by atoms with Gasteiger partial charge in [-0.1, -0.05) is 19.1 Å². The van der Waals surface area contributed by atoms with Crippen LogP contribution in [0.15, 0.2) is 0 Å². The van der Waals surface area contributed by atoms with Crippen LogP contribution in [0.4, 0.5) is 0 Å². The van der Waals surface area contributed by atoms with Gasteiger partial charge in [0, 0.05) is 13.0 Å². The minimum Gasteiger partial charge on any atom is -0.380 e. The molecule has 0 bridgehead atoms. The lowest BCUT2D eigenvalue weighted by atomic mass is 10.0. The molecule has 2 N–H and O–H groups in total. The molecule has 0 aliphatic carbocycles. The van der Waals surface area contributed by atoms with Gasteiger partial charge in [-0.15, -0.1) is 5.10 Å². The number of aromatic nitrogens is 3. The van der Waals surface area contributed by atoms with E-state index in [1.165, 1.54) is 5.69 Å².